The van der Waals surface area contributed by atoms with Crippen molar-refractivity contribution in [1.82, 2.24) is 15.0 Å². The van der Waals surface area contributed by atoms with Gasteiger partial charge in [0, 0.05) is 16.7 Å². The van der Waals surface area contributed by atoms with E-state index >= 15 is 0 Å². The lowest BCUT2D eigenvalue weighted by molar-refractivity contribution is -0.137. The first-order chi connectivity index (χ1) is 12.6. The highest BCUT2D eigenvalue weighted by Crippen LogP contribution is 2.31. The van der Waals surface area contributed by atoms with Crippen LogP contribution in [0.25, 0.3) is 22.8 Å². The van der Waals surface area contributed by atoms with Gasteiger partial charge < -0.3 is 0 Å². The van der Waals surface area contributed by atoms with E-state index in [4.69, 9.17) is 11.6 Å². The number of hydrogen-bond donors (Lipinski definition) is 1. The van der Waals surface area contributed by atoms with Gasteiger partial charge >= 0.3 is 11.9 Å². The van der Waals surface area contributed by atoms with E-state index in [9.17, 15) is 22.8 Å². The van der Waals surface area contributed by atoms with Gasteiger partial charge in [0.25, 0.3) is 0 Å². The molecule has 5 nitrogen and oxygen atoms in total. The molecule has 0 saturated heterocycles. The van der Waals surface area contributed by atoms with Gasteiger partial charge in [0.1, 0.15) is 5.82 Å². The number of nitrogens with zero attached hydrogens (tertiary/aromatic N) is 2. The fraction of sp³-hybridized carbons (Fsp3) is 0.111. The first kappa shape index (κ1) is 18.8. The predicted molar refractivity (Wildman–Crippen MR) is 93.5 cm³/mol. The zero-order valence-electron chi connectivity index (χ0n) is 13.8. The number of rotatable bonds is 3. The van der Waals surface area contributed by atoms with Gasteiger partial charge in [-0.15, -0.1) is 0 Å². The Kier molecular flexibility index (Phi) is 4.84. The van der Waals surface area contributed by atoms with E-state index in [1.54, 1.807) is 0 Å². The average Bonchev–Trinajstić information content (AvgIpc) is 2.60. The minimum absolute atomic E-state index is 0.0537. The molecule has 1 N–H and O–H groups in total. The van der Waals surface area contributed by atoms with Crippen molar-refractivity contribution in [1.29, 1.82) is 0 Å². The van der Waals surface area contributed by atoms with E-state index < -0.39 is 17.4 Å². The van der Waals surface area contributed by atoms with Gasteiger partial charge in [-0.05, 0) is 37.3 Å². The number of aromatic nitrogens is 3. The fourth-order valence-electron chi connectivity index (χ4n) is 2.37. The summed E-state index contributed by atoms with van der Waals surface area (Å²) in [7, 11) is 0. The lowest BCUT2D eigenvalue weighted by Crippen LogP contribution is -2.15. The maximum atomic E-state index is 12.7. The van der Waals surface area contributed by atoms with Gasteiger partial charge in [0.05, 0.1) is 10.6 Å². The number of ketones is 1. The van der Waals surface area contributed by atoms with E-state index in [1.165, 1.54) is 37.3 Å². The highest BCUT2D eigenvalue weighted by Gasteiger charge is 2.30. The smallest absolute Gasteiger partial charge is 0.295 e. The number of carbonyl (C=O) groups is 1. The summed E-state index contributed by atoms with van der Waals surface area (Å²) in [5, 5.41) is 0.243. The lowest BCUT2D eigenvalue weighted by atomic mass is 10.1. The summed E-state index contributed by atoms with van der Waals surface area (Å²) in [4.78, 5) is 33.8. The molecule has 0 unspecified atom stereocenters. The Balaban J connectivity index is 2.09. The van der Waals surface area contributed by atoms with Crippen molar-refractivity contribution in [2.24, 2.45) is 0 Å². The second-order valence-corrected chi connectivity index (χ2v) is 6.06. The third-order valence-corrected chi connectivity index (χ3v) is 4.08. The van der Waals surface area contributed by atoms with Crippen LogP contribution in [0.3, 0.4) is 0 Å². The third-order valence-electron chi connectivity index (χ3n) is 3.75. The molecule has 0 saturated carbocycles. The van der Waals surface area contributed by atoms with E-state index in [-0.39, 0.29) is 28.0 Å². The molecule has 1 heterocycles. The molecule has 2 aromatic carbocycles. The minimum Gasteiger partial charge on any atom is -0.295 e. The van der Waals surface area contributed by atoms with Crippen LogP contribution in [-0.2, 0) is 6.18 Å². The SMILES string of the molecule is CC(=O)c1ccc(Cl)c(-c2nc(-c3ccc(C(F)(F)F)cc3)nc(=O)[nH]2)c1. The number of nitrogens with one attached hydrogen (secondary N) is 1. The van der Waals surface area contributed by atoms with Crippen LogP contribution in [0.1, 0.15) is 22.8 Å². The molecule has 0 bridgehead atoms. The van der Waals surface area contributed by atoms with E-state index in [1.807, 2.05) is 0 Å². The summed E-state index contributed by atoms with van der Waals surface area (Å²) in [6, 6.07) is 8.60. The van der Waals surface area contributed by atoms with Gasteiger partial charge in [0.2, 0.25) is 0 Å². The third kappa shape index (κ3) is 4.06. The number of Topliss-reactive ketones (excluding diaryl/α,β-unsaturated/α-hetero) is 1. The van der Waals surface area contributed by atoms with Crippen LogP contribution in [0.2, 0.25) is 5.02 Å². The quantitative estimate of drug-likeness (QED) is 0.670. The van der Waals surface area contributed by atoms with Crippen LogP contribution in [0.4, 0.5) is 13.2 Å². The van der Waals surface area contributed by atoms with Crippen LogP contribution in [0.15, 0.2) is 47.3 Å². The van der Waals surface area contributed by atoms with Crippen molar-refractivity contribution >= 4 is 17.4 Å². The van der Waals surface area contributed by atoms with Crippen LogP contribution >= 0.6 is 11.6 Å². The van der Waals surface area contributed by atoms with Gasteiger partial charge in [-0.3, -0.25) is 9.78 Å². The molecule has 138 valence electrons. The van der Waals surface area contributed by atoms with Crippen molar-refractivity contribution in [3.63, 3.8) is 0 Å². The number of halogens is 4. The molecule has 0 aliphatic rings. The van der Waals surface area contributed by atoms with Crippen LogP contribution in [0.5, 0.6) is 0 Å². The summed E-state index contributed by atoms with van der Waals surface area (Å²) in [6.07, 6.45) is -4.47. The minimum atomic E-state index is -4.47. The monoisotopic (exact) mass is 393 g/mol. The molecule has 0 aliphatic heterocycles. The molecule has 0 atom stereocenters. The summed E-state index contributed by atoms with van der Waals surface area (Å²) in [6.45, 7) is 1.38. The Labute approximate surface area is 155 Å². The van der Waals surface area contributed by atoms with Crippen molar-refractivity contribution in [3.8, 4) is 22.8 Å². The Bertz CT molecular complexity index is 1080. The predicted octanol–water partition coefficient (Wildman–Crippen LogP) is 4.37. The zero-order valence-corrected chi connectivity index (χ0v) is 14.5. The molecular formula is C18H11ClF3N3O2. The van der Waals surface area contributed by atoms with Crippen molar-refractivity contribution < 1.29 is 18.0 Å². The van der Waals surface area contributed by atoms with E-state index in [0.29, 0.717) is 11.1 Å². The Morgan fingerprint density at radius 2 is 1.74 bits per heavy atom. The summed E-state index contributed by atoms with van der Waals surface area (Å²) >= 11 is 6.14. The number of H-pyrrole nitrogens is 1. The van der Waals surface area contributed by atoms with E-state index in [0.717, 1.165) is 12.1 Å². The summed E-state index contributed by atoms with van der Waals surface area (Å²) in [5.41, 5.74) is -0.677. The number of hydrogen-bond acceptors (Lipinski definition) is 4. The van der Waals surface area contributed by atoms with Crippen LogP contribution < -0.4 is 5.69 Å². The van der Waals surface area contributed by atoms with Gasteiger partial charge in [-0.2, -0.15) is 18.2 Å². The van der Waals surface area contributed by atoms with Crippen molar-refractivity contribution in [2.45, 2.75) is 13.1 Å². The molecule has 0 aliphatic carbocycles. The number of alkyl halides is 3. The lowest BCUT2D eigenvalue weighted by Gasteiger charge is -2.09. The van der Waals surface area contributed by atoms with Crippen LogP contribution in [0, 0.1) is 0 Å². The Morgan fingerprint density at radius 1 is 1.07 bits per heavy atom. The van der Waals surface area contributed by atoms with Crippen molar-refractivity contribution in [3.05, 3.63) is 69.1 Å². The molecule has 0 fully saturated rings. The molecule has 0 amide bonds. The zero-order chi connectivity index (χ0) is 19.8. The standard InChI is InChI=1S/C18H11ClF3N3O2/c1-9(26)11-4-7-14(19)13(8-11)16-23-15(24-17(27)25-16)10-2-5-12(6-3-10)18(20,21)22/h2-8H,1H3,(H,23,24,25,27). The normalized spacial score (nSPS) is 11.4. The van der Waals surface area contributed by atoms with Crippen molar-refractivity contribution in [2.75, 3.05) is 0 Å². The summed E-state index contributed by atoms with van der Waals surface area (Å²) < 4.78 is 38.1. The Hall–Kier alpha value is -3.00. The number of benzene rings is 2. The molecule has 27 heavy (non-hydrogen) atoms. The molecule has 1 aromatic heterocycles. The molecule has 3 aromatic rings. The van der Waals surface area contributed by atoms with Crippen LogP contribution in [-0.4, -0.2) is 20.7 Å². The van der Waals surface area contributed by atoms with Gasteiger partial charge in [-0.25, -0.2) is 9.78 Å². The highest BCUT2D eigenvalue weighted by molar-refractivity contribution is 6.33. The van der Waals surface area contributed by atoms with Gasteiger partial charge in [-0.1, -0.05) is 23.7 Å². The molecule has 0 radical (unpaired) electrons. The number of aromatic amines is 1. The van der Waals surface area contributed by atoms with E-state index in [2.05, 4.69) is 15.0 Å². The highest BCUT2D eigenvalue weighted by atomic mass is 35.5. The first-order valence-corrected chi connectivity index (χ1v) is 8.00. The average molecular weight is 394 g/mol. The largest absolute Gasteiger partial charge is 0.416 e. The number of carbonyl (C=O) groups excluding carboxylic acids is 1. The topological polar surface area (TPSA) is 75.7 Å². The van der Waals surface area contributed by atoms with Gasteiger partial charge in [0.15, 0.2) is 11.6 Å². The fourth-order valence-corrected chi connectivity index (χ4v) is 2.58. The second-order valence-electron chi connectivity index (χ2n) is 5.65. The molecule has 0 spiro atoms. The summed E-state index contributed by atoms with van der Waals surface area (Å²) in [5.74, 6) is -0.211. The maximum absolute atomic E-state index is 12.7. The molecule has 9 heteroatoms. The first-order valence-electron chi connectivity index (χ1n) is 7.62. The second kappa shape index (κ2) is 6.96. The maximum Gasteiger partial charge on any atom is 0.416 e. The molecular weight excluding hydrogens is 383 g/mol. The Morgan fingerprint density at radius 3 is 2.33 bits per heavy atom. The molecule has 3 rings (SSSR count).